The molecule has 35 heavy (non-hydrogen) atoms. The maximum atomic E-state index is 13.3. The van der Waals surface area contributed by atoms with Crippen LogP contribution in [-0.4, -0.2) is 43.2 Å². The smallest absolute Gasteiger partial charge is 0.332 e. The van der Waals surface area contributed by atoms with Crippen molar-refractivity contribution in [2.45, 2.75) is 12.2 Å². The van der Waals surface area contributed by atoms with Gasteiger partial charge in [-0.1, -0.05) is 18.7 Å². The number of fused-ring (bicyclic) bond motifs is 1. The van der Waals surface area contributed by atoms with Crippen LogP contribution in [0.1, 0.15) is 17.2 Å². The van der Waals surface area contributed by atoms with E-state index in [1.807, 2.05) is 0 Å². The van der Waals surface area contributed by atoms with Crippen LogP contribution in [0.5, 0.6) is 0 Å². The molecule has 1 aliphatic rings. The number of nitrogens with zero attached hydrogens (tertiary/aromatic N) is 6. The highest BCUT2D eigenvalue weighted by Gasteiger charge is 2.36. The van der Waals surface area contributed by atoms with Crippen molar-refractivity contribution in [3.8, 4) is 23.0 Å². The fourth-order valence-electron chi connectivity index (χ4n) is 4.09. The second-order valence-electron chi connectivity index (χ2n) is 8.08. The Morgan fingerprint density at radius 3 is 2.46 bits per heavy atom. The van der Waals surface area contributed by atoms with Crippen LogP contribution < -0.4 is 0 Å². The molecule has 1 amide bonds. The van der Waals surface area contributed by atoms with E-state index in [1.165, 1.54) is 17.0 Å². The van der Waals surface area contributed by atoms with Crippen molar-refractivity contribution >= 4 is 16.9 Å². The van der Waals surface area contributed by atoms with Gasteiger partial charge in [-0.3, -0.25) is 14.5 Å². The lowest BCUT2D eigenvalue weighted by Gasteiger charge is -2.39. The summed E-state index contributed by atoms with van der Waals surface area (Å²) in [6, 6.07) is 9.72. The van der Waals surface area contributed by atoms with Crippen LogP contribution in [0.2, 0.25) is 0 Å². The Balaban J connectivity index is 1.64. The summed E-state index contributed by atoms with van der Waals surface area (Å²) in [5, 5.41) is 13.9. The van der Waals surface area contributed by atoms with Gasteiger partial charge in [-0.15, -0.1) is 0 Å². The van der Waals surface area contributed by atoms with Gasteiger partial charge in [0.15, 0.2) is 5.83 Å². The number of halogens is 4. The minimum atomic E-state index is -4.47. The summed E-state index contributed by atoms with van der Waals surface area (Å²) < 4.78 is 55.8. The first-order chi connectivity index (χ1) is 16.7. The van der Waals surface area contributed by atoms with Crippen LogP contribution in [-0.2, 0) is 11.0 Å². The summed E-state index contributed by atoms with van der Waals surface area (Å²) in [6.45, 7) is 3.39. The molecule has 1 aromatic carbocycles. The lowest BCUT2D eigenvalue weighted by atomic mass is 10.1. The van der Waals surface area contributed by atoms with Crippen LogP contribution in [0.15, 0.2) is 67.4 Å². The van der Waals surface area contributed by atoms with Crippen LogP contribution in [0.4, 0.5) is 17.6 Å². The van der Waals surface area contributed by atoms with Crippen molar-refractivity contribution in [2.24, 2.45) is 0 Å². The Morgan fingerprint density at radius 1 is 1.14 bits per heavy atom. The van der Waals surface area contributed by atoms with Gasteiger partial charge in [0.1, 0.15) is 22.8 Å². The number of alkyl halides is 3. The molecule has 0 unspecified atom stereocenters. The van der Waals surface area contributed by atoms with Gasteiger partial charge in [-0.05, 0) is 24.3 Å². The zero-order valence-electron chi connectivity index (χ0n) is 18.0. The van der Waals surface area contributed by atoms with E-state index in [9.17, 15) is 27.6 Å². The molecule has 0 saturated carbocycles. The second kappa shape index (κ2) is 8.09. The number of aromatic nitrogens is 4. The molecule has 0 aliphatic carbocycles. The van der Waals surface area contributed by atoms with Crippen molar-refractivity contribution < 1.29 is 22.4 Å². The number of benzene rings is 1. The van der Waals surface area contributed by atoms with Crippen molar-refractivity contribution in [1.82, 2.24) is 24.2 Å². The first-order valence-corrected chi connectivity index (χ1v) is 10.4. The molecule has 1 saturated heterocycles. The van der Waals surface area contributed by atoms with E-state index in [2.05, 4.69) is 22.7 Å². The molecule has 0 N–H and O–H groups in total. The molecule has 4 heterocycles. The second-order valence-corrected chi connectivity index (χ2v) is 8.08. The first-order valence-electron chi connectivity index (χ1n) is 10.4. The number of nitriles is 1. The number of hydrogen-bond donors (Lipinski definition) is 0. The quantitative estimate of drug-likeness (QED) is 0.315. The van der Waals surface area contributed by atoms with Crippen molar-refractivity contribution in [3.05, 3.63) is 78.5 Å². The fourth-order valence-corrected chi connectivity index (χ4v) is 4.09. The number of likely N-dealkylation sites (tertiary alicyclic amines) is 1. The van der Waals surface area contributed by atoms with Gasteiger partial charge in [0.2, 0.25) is 0 Å². The molecule has 4 aromatic rings. The average molecular weight is 480 g/mol. The molecule has 176 valence electrons. The fraction of sp³-hybridized carbons (Fsp3) is 0.167. The van der Waals surface area contributed by atoms with Crippen LogP contribution in [0.3, 0.4) is 0 Å². The largest absolute Gasteiger partial charge is 0.416 e. The van der Waals surface area contributed by atoms with Gasteiger partial charge in [0, 0.05) is 37.2 Å². The minimum absolute atomic E-state index is 0.175. The number of hydrogen-bond acceptors (Lipinski definition) is 4. The zero-order chi connectivity index (χ0) is 24.9. The van der Waals surface area contributed by atoms with E-state index in [0.29, 0.717) is 33.5 Å². The van der Waals surface area contributed by atoms with Crippen molar-refractivity contribution in [2.75, 3.05) is 13.1 Å². The van der Waals surface area contributed by atoms with E-state index in [0.717, 1.165) is 12.1 Å². The van der Waals surface area contributed by atoms with Gasteiger partial charge in [-0.2, -0.15) is 23.5 Å². The summed E-state index contributed by atoms with van der Waals surface area (Å²) >= 11 is 0. The van der Waals surface area contributed by atoms with Crippen molar-refractivity contribution in [1.29, 1.82) is 5.26 Å². The lowest BCUT2D eigenvalue weighted by molar-refractivity contribution is -0.137. The zero-order valence-corrected chi connectivity index (χ0v) is 18.0. The topological polar surface area (TPSA) is 79.7 Å². The molecule has 0 spiro atoms. The van der Waals surface area contributed by atoms with Crippen molar-refractivity contribution in [3.63, 3.8) is 0 Å². The van der Waals surface area contributed by atoms with E-state index < -0.39 is 23.5 Å². The Hall–Kier alpha value is -4.46. The van der Waals surface area contributed by atoms with Crippen LogP contribution >= 0.6 is 0 Å². The van der Waals surface area contributed by atoms with Gasteiger partial charge < -0.3 is 9.47 Å². The number of amides is 1. The molecule has 1 fully saturated rings. The molecule has 0 bridgehead atoms. The van der Waals surface area contributed by atoms with E-state index in [1.54, 1.807) is 40.0 Å². The third-order valence-electron chi connectivity index (χ3n) is 5.88. The Bertz CT molecular complexity index is 1500. The summed E-state index contributed by atoms with van der Waals surface area (Å²) in [6.07, 6.45) is 0.410. The molecule has 0 atom stereocenters. The van der Waals surface area contributed by atoms with Gasteiger partial charge in [-0.25, -0.2) is 4.39 Å². The number of rotatable bonds is 4. The Labute approximate surface area is 196 Å². The number of pyridine rings is 1. The van der Waals surface area contributed by atoms with Gasteiger partial charge in [0.05, 0.1) is 22.9 Å². The molecule has 0 radical (unpaired) electrons. The predicted molar refractivity (Wildman–Crippen MR) is 118 cm³/mol. The molecule has 5 rings (SSSR count). The summed E-state index contributed by atoms with van der Waals surface area (Å²) in [7, 11) is 0. The number of carbonyl (C=O) groups is 1. The summed E-state index contributed by atoms with van der Waals surface area (Å²) in [5.41, 5.74) is 2.10. The average Bonchev–Trinajstić information content (AvgIpc) is 3.43. The molecule has 3 aromatic heterocycles. The SMILES string of the molecule is C=C(F)C(=O)N1CC(n2nc(-c3ccc(C(F)(F)F)cc3)c3nccc(-n4ccc(C#N)c4)c32)C1. The molecular weight excluding hydrogens is 464 g/mol. The van der Waals surface area contributed by atoms with Gasteiger partial charge >= 0.3 is 6.18 Å². The van der Waals surface area contributed by atoms with E-state index in [4.69, 9.17) is 0 Å². The highest BCUT2D eigenvalue weighted by molar-refractivity contribution is 5.95. The van der Waals surface area contributed by atoms with E-state index >= 15 is 0 Å². The standard InChI is InChI=1S/C24H16F4N6O/c1-14(25)23(35)33-12-18(13-33)34-22-19(32-9-7-15(10-29)11-32)6-8-30-21(22)20(31-34)16-2-4-17(5-3-16)24(26,27)28/h2-9,11,18H,1,12-13H2. The highest BCUT2D eigenvalue weighted by atomic mass is 19.4. The lowest BCUT2D eigenvalue weighted by Crippen LogP contribution is -2.51. The minimum Gasteiger partial charge on any atom is -0.332 e. The molecular formula is C24H16F4N6O. The first kappa shape index (κ1) is 22.3. The normalized spacial score (nSPS) is 14.1. The highest BCUT2D eigenvalue weighted by Crippen LogP contribution is 2.36. The third-order valence-corrected chi connectivity index (χ3v) is 5.88. The Kier molecular flexibility index (Phi) is 5.16. The predicted octanol–water partition coefficient (Wildman–Crippen LogP) is 4.65. The summed E-state index contributed by atoms with van der Waals surface area (Å²) in [4.78, 5) is 17.6. The number of carbonyl (C=O) groups excluding carboxylic acids is 1. The molecule has 1 aliphatic heterocycles. The van der Waals surface area contributed by atoms with E-state index in [-0.39, 0.29) is 19.1 Å². The van der Waals surface area contributed by atoms with Gasteiger partial charge in [0.25, 0.3) is 5.91 Å². The molecule has 7 nitrogen and oxygen atoms in total. The summed E-state index contributed by atoms with van der Waals surface area (Å²) in [5.74, 6) is -1.86. The Morgan fingerprint density at radius 2 is 1.86 bits per heavy atom. The maximum Gasteiger partial charge on any atom is 0.416 e. The van der Waals surface area contributed by atoms with Crippen LogP contribution in [0, 0.1) is 11.3 Å². The maximum absolute atomic E-state index is 13.3. The van der Waals surface area contributed by atoms with Crippen LogP contribution in [0.25, 0.3) is 28.0 Å². The third kappa shape index (κ3) is 3.82. The monoisotopic (exact) mass is 480 g/mol. The molecule has 11 heteroatoms.